The third-order valence-corrected chi connectivity index (χ3v) is 5.07. The summed E-state index contributed by atoms with van der Waals surface area (Å²) in [4.78, 5) is 27.3. The average molecular weight is 413 g/mol. The highest BCUT2D eigenvalue weighted by Crippen LogP contribution is 2.18. The molecule has 0 atom stereocenters. The van der Waals surface area contributed by atoms with E-state index >= 15 is 0 Å². The molecule has 2 aromatic rings. The average Bonchev–Trinajstić information content (AvgIpc) is 2.71. The van der Waals surface area contributed by atoms with Crippen molar-refractivity contribution >= 4 is 23.2 Å². The third-order valence-electron chi connectivity index (χ3n) is 5.07. The normalized spacial score (nSPS) is 15.2. The second-order valence-electron chi connectivity index (χ2n) is 7.93. The molecule has 3 rings (SSSR count). The lowest BCUT2D eigenvalue weighted by atomic mass is 10.0. The molecule has 1 aliphatic rings. The lowest BCUT2D eigenvalue weighted by Gasteiger charge is -2.33. The number of carbonyl (C=O) groups excluding carboxylic acids is 2. The van der Waals surface area contributed by atoms with Gasteiger partial charge in [-0.1, -0.05) is 26.0 Å². The van der Waals surface area contributed by atoms with E-state index in [1.54, 1.807) is 24.3 Å². The number of likely N-dealkylation sites (tertiary alicyclic amines) is 1. The Kier molecular flexibility index (Phi) is 7.54. The monoisotopic (exact) mass is 412 g/mol. The summed E-state index contributed by atoms with van der Waals surface area (Å²) in [7, 11) is 0. The van der Waals surface area contributed by atoms with Crippen LogP contribution in [0.25, 0.3) is 0 Å². The van der Waals surface area contributed by atoms with Gasteiger partial charge in [-0.2, -0.15) is 0 Å². The second-order valence-corrected chi connectivity index (χ2v) is 7.93. The van der Waals surface area contributed by atoms with Crippen LogP contribution in [0.3, 0.4) is 0 Å². The number of anilines is 2. The number of halogens is 1. The molecule has 0 spiro atoms. The number of amides is 2. The minimum atomic E-state index is -0.371. The largest absolute Gasteiger partial charge is 0.324 e. The Morgan fingerprint density at radius 3 is 2.37 bits per heavy atom. The van der Waals surface area contributed by atoms with E-state index in [0.717, 1.165) is 25.9 Å². The summed E-state index contributed by atoms with van der Waals surface area (Å²) < 4.78 is 13.1. The Morgan fingerprint density at radius 2 is 1.70 bits per heavy atom. The topological polar surface area (TPSA) is 73.5 Å². The number of hydrogen-bond donors (Lipinski definition) is 3. The molecule has 160 valence electrons. The molecular formula is C23H29FN4O2. The van der Waals surface area contributed by atoms with Crippen molar-refractivity contribution in [2.45, 2.75) is 38.8 Å². The molecule has 0 saturated carbocycles. The Labute approximate surface area is 176 Å². The Bertz CT molecular complexity index is 862. The predicted octanol–water partition coefficient (Wildman–Crippen LogP) is 3.48. The van der Waals surface area contributed by atoms with E-state index in [-0.39, 0.29) is 17.6 Å². The van der Waals surface area contributed by atoms with Crippen LogP contribution in [0.4, 0.5) is 15.8 Å². The van der Waals surface area contributed by atoms with Crippen LogP contribution in [0, 0.1) is 5.82 Å². The van der Waals surface area contributed by atoms with Gasteiger partial charge in [-0.15, -0.1) is 0 Å². The van der Waals surface area contributed by atoms with E-state index in [1.807, 2.05) is 0 Å². The van der Waals surface area contributed by atoms with Crippen molar-refractivity contribution < 1.29 is 14.0 Å². The third kappa shape index (κ3) is 6.37. The van der Waals surface area contributed by atoms with Crippen LogP contribution < -0.4 is 16.0 Å². The van der Waals surface area contributed by atoms with Crippen LogP contribution >= 0.6 is 0 Å². The number of hydrogen-bond acceptors (Lipinski definition) is 4. The zero-order chi connectivity index (χ0) is 21.5. The van der Waals surface area contributed by atoms with E-state index < -0.39 is 0 Å². The number of piperidine rings is 1. The molecule has 0 aromatic heterocycles. The van der Waals surface area contributed by atoms with Gasteiger partial charge in [0.1, 0.15) is 5.82 Å². The summed E-state index contributed by atoms with van der Waals surface area (Å²) in [5, 5.41) is 9.13. The van der Waals surface area contributed by atoms with Crippen LogP contribution in [0.1, 0.15) is 37.0 Å². The summed E-state index contributed by atoms with van der Waals surface area (Å²) >= 11 is 0. The highest BCUT2D eigenvalue weighted by molar-refractivity contribution is 6.10. The molecule has 0 bridgehead atoms. The van der Waals surface area contributed by atoms with E-state index in [0.29, 0.717) is 35.6 Å². The molecule has 7 heteroatoms. The van der Waals surface area contributed by atoms with Crippen molar-refractivity contribution in [3.8, 4) is 0 Å². The highest BCUT2D eigenvalue weighted by Gasteiger charge is 2.21. The van der Waals surface area contributed by atoms with Crippen molar-refractivity contribution in [1.82, 2.24) is 10.2 Å². The number of carbonyl (C=O) groups is 2. The quantitative estimate of drug-likeness (QED) is 0.651. The van der Waals surface area contributed by atoms with Gasteiger partial charge in [0.2, 0.25) is 5.91 Å². The SMILES string of the molecule is CC(C)NC1CCN(CC(=O)Nc2ccccc2C(=O)Nc2ccc(F)cc2)CC1. The van der Waals surface area contributed by atoms with Crippen LogP contribution in [-0.4, -0.2) is 48.4 Å². The van der Waals surface area contributed by atoms with Gasteiger partial charge >= 0.3 is 0 Å². The predicted molar refractivity (Wildman–Crippen MR) is 117 cm³/mol. The van der Waals surface area contributed by atoms with E-state index in [1.165, 1.54) is 24.3 Å². The van der Waals surface area contributed by atoms with Gasteiger partial charge in [0.15, 0.2) is 0 Å². The fourth-order valence-corrected chi connectivity index (χ4v) is 3.64. The number of nitrogens with zero attached hydrogens (tertiary/aromatic N) is 1. The highest BCUT2D eigenvalue weighted by atomic mass is 19.1. The standard InChI is InChI=1S/C23H29FN4O2/c1-16(2)25-19-11-13-28(14-12-19)15-22(29)27-21-6-4-3-5-20(21)23(30)26-18-9-7-17(24)8-10-18/h3-10,16,19,25H,11-15H2,1-2H3,(H,26,30)(H,27,29). The molecule has 0 aliphatic carbocycles. The Hall–Kier alpha value is -2.77. The molecule has 2 amide bonds. The zero-order valence-corrected chi connectivity index (χ0v) is 17.5. The second kappa shape index (κ2) is 10.3. The maximum Gasteiger partial charge on any atom is 0.257 e. The van der Waals surface area contributed by atoms with Crippen molar-refractivity contribution in [3.63, 3.8) is 0 Å². The number of nitrogens with one attached hydrogen (secondary N) is 3. The van der Waals surface area contributed by atoms with Crippen LogP contribution in [0.15, 0.2) is 48.5 Å². The maximum atomic E-state index is 13.1. The van der Waals surface area contributed by atoms with Gasteiger partial charge in [0.25, 0.3) is 5.91 Å². The van der Waals surface area contributed by atoms with Crippen LogP contribution in [-0.2, 0) is 4.79 Å². The molecule has 3 N–H and O–H groups in total. The smallest absolute Gasteiger partial charge is 0.257 e. The van der Waals surface area contributed by atoms with Gasteiger partial charge in [-0.05, 0) is 49.2 Å². The van der Waals surface area contributed by atoms with Crippen LogP contribution in [0.5, 0.6) is 0 Å². The number of para-hydroxylation sites is 1. The van der Waals surface area contributed by atoms with E-state index in [9.17, 15) is 14.0 Å². The van der Waals surface area contributed by atoms with Gasteiger partial charge in [-0.3, -0.25) is 14.5 Å². The summed E-state index contributed by atoms with van der Waals surface area (Å²) in [5.41, 5.74) is 1.30. The zero-order valence-electron chi connectivity index (χ0n) is 17.5. The summed E-state index contributed by atoms with van der Waals surface area (Å²) in [6.45, 7) is 6.31. The van der Waals surface area contributed by atoms with Crippen molar-refractivity contribution in [3.05, 3.63) is 59.9 Å². The lowest BCUT2D eigenvalue weighted by Crippen LogP contribution is -2.46. The lowest BCUT2D eigenvalue weighted by molar-refractivity contribution is -0.117. The van der Waals surface area contributed by atoms with Gasteiger partial charge in [0, 0.05) is 30.9 Å². The fraction of sp³-hybridized carbons (Fsp3) is 0.391. The fourth-order valence-electron chi connectivity index (χ4n) is 3.64. The van der Waals surface area contributed by atoms with Gasteiger partial charge in [0.05, 0.1) is 17.8 Å². The summed E-state index contributed by atoms with van der Waals surface area (Å²) in [6, 6.07) is 13.4. The van der Waals surface area contributed by atoms with Crippen molar-refractivity contribution in [1.29, 1.82) is 0 Å². The first-order valence-electron chi connectivity index (χ1n) is 10.3. The van der Waals surface area contributed by atoms with Crippen LogP contribution in [0.2, 0.25) is 0 Å². The molecule has 1 heterocycles. The minimum Gasteiger partial charge on any atom is -0.324 e. The molecule has 6 nitrogen and oxygen atoms in total. The Morgan fingerprint density at radius 1 is 1.03 bits per heavy atom. The molecule has 0 unspecified atom stereocenters. The first-order valence-corrected chi connectivity index (χ1v) is 10.3. The molecule has 1 aliphatic heterocycles. The first-order chi connectivity index (χ1) is 14.4. The van der Waals surface area contributed by atoms with E-state index in [4.69, 9.17) is 0 Å². The molecule has 1 fully saturated rings. The molecule has 30 heavy (non-hydrogen) atoms. The van der Waals surface area contributed by atoms with Gasteiger partial charge < -0.3 is 16.0 Å². The maximum absolute atomic E-state index is 13.1. The van der Waals surface area contributed by atoms with Gasteiger partial charge in [-0.25, -0.2) is 4.39 Å². The molecule has 0 radical (unpaired) electrons. The van der Waals surface area contributed by atoms with E-state index in [2.05, 4.69) is 34.7 Å². The first kappa shape index (κ1) is 21.9. The van der Waals surface area contributed by atoms with Crippen molar-refractivity contribution in [2.24, 2.45) is 0 Å². The summed E-state index contributed by atoms with van der Waals surface area (Å²) in [6.07, 6.45) is 2.03. The Balaban J connectivity index is 1.56. The minimum absolute atomic E-state index is 0.146. The molecule has 1 saturated heterocycles. The molecular weight excluding hydrogens is 383 g/mol. The molecule has 2 aromatic carbocycles. The summed E-state index contributed by atoms with van der Waals surface area (Å²) in [5.74, 6) is -0.880. The number of rotatable bonds is 7. The van der Waals surface area contributed by atoms with Crippen molar-refractivity contribution in [2.75, 3.05) is 30.3 Å². The number of benzene rings is 2.